The van der Waals surface area contributed by atoms with E-state index in [4.69, 9.17) is 9.47 Å². The second kappa shape index (κ2) is 9.70. The van der Waals surface area contributed by atoms with Crippen LogP contribution in [0.15, 0.2) is 29.3 Å². The number of amides is 1. The van der Waals surface area contributed by atoms with Crippen molar-refractivity contribution in [2.45, 2.75) is 57.9 Å². The SMILES string of the molecule is Cn1c(C(C)(C)C)cc(=NC(=O)c2cc(OCCF)cc(C(F)(F)F)c2)n1C[C@H]1CCCO1. The lowest BCUT2D eigenvalue weighted by Gasteiger charge is -2.21. The zero-order valence-electron chi connectivity index (χ0n) is 19.2. The first-order valence-electron chi connectivity index (χ1n) is 10.8. The first-order chi connectivity index (χ1) is 15.4. The molecule has 1 saturated heterocycles. The fourth-order valence-corrected chi connectivity index (χ4v) is 3.86. The molecule has 1 atom stereocenters. The summed E-state index contributed by atoms with van der Waals surface area (Å²) in [5.41, 5.74) is -0.376. The molecule has 1 aliphatic heterocycles. The van der Waals surface area contributed by atoms with Gasteiger partial charge in [0.2, 0.25) is 0 Å². The van der Waals surface area contributed by atoms with Crippen molar-refractivity contribution in [2.24, 2.45) is 12.0 Å². The second-order valence-corrected chi connectivity index (χ2v) is 9.08. The Labute approximate surface area is 189 Å². The van der Waals surface area contributed by atoms with Crippen molar-refractivity contribution in [1.82, 2.24) is 9.36 Å². The summed E-state index contributed by atoms with van der Waals surface area (Å²) in [5.74, 6) is -1.09. The van der Waals surface area contributed by atoms with Crippen molar-refractivity contribution in [2.75, 3.05) is 19.9 Å². The van der Waals surface area contributed by atoms with Gasteiger partial charge in [-0.25, -0.2) is 4.39 Å². The van der Waals surface area contributed by atoms with E-state index >= 15 is 0 Å². The molecule has 1 aliphatic rings. The van der Waals surface area contributed by atoms with Gasteiger partial charge in [-0.05, 0) is 31.0 Å². The predicted octanol–water partition coefficient (Wildman–Crippen LogP) is 4.41. The smallest absolute Gasteiger partial charge is 0.416 e. The lowest BCUT2D eigenvalue weighted by molar-refractivity contribution is -0.137. The van der Waals surface area contributed by atoms with Gasteiger partial charge in [0.1, 0.15) is 19.0 Å². The van der Waals surface area contributed by atoms with Gasteiger partial charge in [-0.15, -0.1) is 0 Å². The minimum Gasteiger partial charge on any atom is -0.491 e. The monoisotopic (exact) mass is 471 g/mol. The Morgan fingerprint density at radius 3 is 2.52 bits per heavy atom. The van der Waals surface area contributed by atoms with Gasteiger partial charge in [-0.1, -0.05) is 20.8 Å². The number of carbonyl (C=O) groups excluding carboxylic acids is 1. The number of carbonyl (C=O) groups is 1. The number of ether oxygens (including phenoxy) is 2. The molecule has 1 aromatic heterocycles. The Morgan fingerprint density at radius 1 is 1.21 bits per heavy atom. The molecule has 33 heavy (non-hydrogen) atoms. The van der Waals surface area contributed by atoms with Crippen LogP contribution in [0.5, 0.6) is 5.75 Å². The molecular weight excluding hydrogens is 442 g/mol. The lowest BCUT2D eigenvalue weighted by atomic mass is 9.92. The quantitative estimate of drug-likeness (QED) is 0.587. The summed E-state index contributed by atoms with van der Waals surface area (Å²) in [6.45, 7) is 5.90. The third-order valence-electron chi connectivity index (χ3n) is 5.45. The fraction of sp³-hybridized carbons (Fsp3) is 0.565. The molecule has 0 aliphatic carbocycles. The van der Waals surface area contributed by atoms with E-state index in [0.29, 0.717) is 18.6 Å². The van der Waals surface area contributed by atoms with Crippen molar-refractivity contribution in [3.8, 4) is 5.75 Å². The van der Waals surface area contributed by atoms with Gasteiger partial charge in [0.25, 0.3) is 5.91 Å². The van der Waals surface area contributed by atoms with Crippen LogP contribution in [-0.4, -0.2) is 41.3 Å². The maximum atomic E-state index is 13.3. The van der Waals surface area contributed by atoms with E-state index in [0.717, 1.165) is 36.7 Å². The summed E-state index contributed by atoms with van der Waals surface area (Å²) in [6.07, 6.45) is -2.91. The minimum absolute atomic E-state index is 0.0327. The number of alkyl halides is 4. The molecule has 6 nitrogen and oxygen atoms in total. The molecule has 0 spiro atoms. The van der Waals surface area contributed by atoms with Crippen LogP contribution in [0.3, 0.4) is 0 Å². The topological polar surface area (TPSA) is 57.8 Å². The first kappa shape index (κ1) is 25.0. The van der Waals surface area contributed by atoms with E-state index in [9.17, 15) is 22.4 Å². The normalized spacial score (nSPS) is 17.6. The predicted molar refractivity (Wildman–Crippen MR) is 114 cm³/mol. The van der Waals surface area contributed by atoms with Gasteiger partial charge < -0.3 is 9.47 Å². The molecule has 0 radical (unpaired) electrons. The number of hydrogen-bond donors (Lipinski definition) is 0. The molecule has 2 heterocycles. The Morgan fingerprint density at radius 2 is 1.94 bits per heavy atom. The minimum atomic E-state index is -4.70. The third kappa shape index (κ3) is 6.04. The molecule has 1 amide bonds. The number of halogens is 4. The lowest BCUT2D eigenvalue weighted by Crippen LogP contribution is -2.30. The second-order valence-electron chi connectivity index (χ2n) is 9.08. The standard InChI is InChI=1S/C23H29F4N3O3/c1-22(2,3)19-13-20(30(29(19)4)14-17-6-5-8-32-17)28-21(31)15-10-16(23(25,26)27)12-18(11-15)33-9-7-24/h10-13,17H,5-9,14H2,1-4H3/t17-/m1/s1. The van der Waals surface area contributed by atoms with Crippen LogP contribution in [0.2, 0.25) is 0 Å². The van der Waals surface area contributed by atoms with Gasteiger partial charge >= 0.3 is 6.18 Å². The highest BCUT2D eigenvalue weighted by Crippen LogP contribution is 2.33. The summed E-state index contributed by atoms with van der Waals surface area (Å²) in [4.78, 5) is 17.1. The van der Waals surface area contributed by atoms with E-state index in [2.05, 4.69) is 4.99 Å². The summed E-state index contributed by atoms with van der Waals surface area (Å²) in [6, 6.07) is 4.38. The highest BCUT2D eigenvalue weighted by atomic mass is 19.4. The summed E-state index contributed by atoms with van der Waals surface area (Å²) in [7, 11) is 1.85. The van der Waals surface area contributed by atoms with Gasteiger partial charge in [0.15, 0.2) is 5.49 Å². The fourth-order valence-electron chi connectivity index (χ4n) is 3.86. The van der Waals surface area contributed by atoms with Crippen LogP contribution >= 0.6 is 0 Å². The molecule has 1 fully saturated rings. The van der Waals surface area contributed by atoms with Crippen LogP contribution in [0.4, 0.5) is 17.6 Å². The maximum Gasteiger partial charge on any atom is 0.416 e. The van der Waals surface area contributed by atoms with E-state index < -0.39 is 30.9 Å². The highest BCUT2D eigenvalue weighted by Gasteiger charge is 2.32. The number of nitrogens with zero attached hydrogens (tertiary/aromatic N) is 3. The van der Waals surface area contributed by atoms with Crippen molar-refractivity contribution in [3.63, 3.8) is 0 Å². The van der Waals surface area contributed by atoms with Crippen LogP contribution in [0.1, 0.15) is 55.2 Å². The van der Waals surface area contributed by atoms with Gasteiger partial charge in [-0.3, -0.25) is 14.2 Å². The Balaban J connectivity index is 2.07. The molecule has 0 bridgehead atoms. The Hall–Kier alpha value is -2.62. The molecular formula is C23H29F4N3O3. The maximum absolute atomic E-state index is 13.3. The van der Waals surface area contributed by atoms with Crippen LogP contribution in [-0.2, 0) is 29.9 Å². The largest absolute Gasteiger partial charge is 0.491 e. The number of benzene rings is 1. The van der Waals surface area contributed by atoms with Crippen LogP contribution < -0.4 is 10.2 Å². The van der Waals surface area contributed by atoms with Gasteiger partial charge in [0.05, 0.1) is 18.2 Å². The van der Waals surface area contributed by atoms with E-state index in [-0.39, 0.29) is 22.8 Å². The molecule has 0 saturated carbocycles. The molecule has 3 rings (SSSR count). The average molecular weight is 471 g/mol. The summed E-state index contributed by atoms with van der Waals surface area (Å²) < 4.78 is 66.9. The molecule has 0 N–H and O–H groups in total. The van der Waals surface area contributed by atoms with E-state index in [1.165, 1.54) is 0 Å². The van der Waals surface area contributed by atoms with Gasteiger partial charge in [0, 0.05) is 36.4 Å². The Kier molecular flexibility index (Phi) is 7.36. The van der Waals surface area contributed by atoms with E-state index in [1.807, 2.05) is 37.2 Å². The van der Waals surface area contributed by atoms with Crippen molar-refractivity contribution >= 4 is 5.91 Å². The molecule has 2 aromatic rings. The van der Waals surface area contributed by atoms with Crippen molar-refractivity contribution in [3.05, 3.63) is 46.6 Å². The summed E-state index contributed by atoms with van der Waals surface area (Å²) >= 11 is 0. The zero-order chi connectivity index (χ0) is 24.4. The van der Waals surface area contributed by atoms with Crippen molar-refractivity contribution in [1.29, 1.82) is 0 Å². The molecule has 182 valence electrons. The molecule has 10 heteroatoms. The average Bonchev–Trinajstić information content (AvgIpc) is 3.34. The number of aromatic nitrogens is 2. The van der Waals surface area contributed by atoms with Gasteiger partial charge in [-0.2, -0.15) is 18.2 Å². The molecule has 1 aromatic carbocycles. The van der Waals surface area contributed by atoms with E-state index in [1.54, 1.807) is 6.07 Å². The Bertz CT molecular complexity index is 1060. The third-order valence-corrected chi connectivity index (χ3v) is 5.45. The zero-order valence-corrected chi connectivity index (χ0v) is 19.2. The number of rotatable bonds is 6. The highest BCUT2D eigenvalue weighted by molar-refractivity contribution is 5.95. The summed E-state index contributed by atoms with van der Waals surface area (Å²) in [5, 5.41) is 0. The first-order valence-corrected chi connectivity index (χ1v) is 10.8. The molecule has 0 unspecified atom stereocenters. The number of hydrogen-bond acceptors (Lipinski definition) is 3. The van der Waals surface area contributed by atoms with Crippen molar-refractivity contribution < 1.29 is 31.8 Å². The van der Waals surface area contributed by atoms with Crippen LogP contribution in [0, 0.1) is 0 Å². The van der Waals surface area contributed by atoms with Crippen LogP contribution in [0.25, 0.3) is 0 Å².